The van der Waals surface area contributed by atoms with Gasteiger partial charge < -0.3 is 15.8 Å². The highest BCUT2D eigenvalue weighted by atomic mass is 32.2. The molecule has 1 aromatic heterocycles. The second-order valence-electron chi connectivity index (χ2n) is 3.75. The molecule has 17 heavy (non-hydrogen) atoms. The summed E-state index contributed by atoms with van der Waals surface area (Å²) in [5.74, 6) is 1.97. The summed E-state index contributed by atoms with van der Waals surface area (Å²) >= 11 is 1.79. The first kappa shape index (κ1) is 13.6. The fraction of sp³-hybridized carbons (Fsp3) is 0.455. The third-order valence-electron chi connectivity index (χ3n) is 2.37. The molecule has 0 bridgehead atoms. The minimum Gasteiger partial charge on any atom is -0.409 e. The summed E-state index contributed by atoms with van der Waals surface area (Å²) in [7, 11) is 1.98. The van der Waals surface area contributed by atoms with Crippen molar-refractivity contribution in [3.63, 3.8) is 0 Å². The van der Waals surface area contributed by atoms with Crippen LogP contribution in [0.5, 0.6) is 0 Å². The summed E-state index contributed by atoms with van der Waals surface area (Å²) in [4.78, 5) is 6.48. The van der Waals surface area contributed by atoms with E-state index in [9.17, 15) is 0 Å². The van der Waals surface area contributed by atoms with Gasteiger partial charge in [0, 0.05) is 30.6 Å². The van der Waals surface area contributed by atoms with Gasteiger partial charge in [0.05, 0.1) is 0 Å². The predicted octanol–water partition coefficient (Wildman–Crippen LogP) is 1.28. The second kappa shape index (κ2) is 6.34. The Hall–Kier alpha value is -1.43. The molecule has 0 aromatic carbocycles. The van der Waals surface area contributed by atoms with Crippen molar-refractivity contribution in [1.82, 2.24) is 4.98 Å². The molecule has 0 saturated heterocycles. The number of aromatic nitrogens is 1. The number of anilines is 1. The van der Waals surface area contributed by atoms with Gasteiger partial charge in [-0.2, -0.15) is 11.8 Å². The van der Waals surface area contributed by atoms with Crippen LogP contribution in [0.3, 0.4) is 0 Å². The van der Waals surface area contributed by atoms with Crippen LogP contribution in [-0.4, -0.2) is 41.6 Å². The molecule has 0 aliphatic heterocycles. The van der Waals surface area contributed by atoms with Gasteiger partial charge in [-0.25, -0.2) is 4.98 Å². The van der Waals surface area contributed by atoms with Crippen molar-refractivity contribution in [2.24, 2.45) is 10.9 Å². The van der Waals surface area contributed by atoms with Crippen LogP contribution in [0.25, 0.3) is 0 Å². The molecule has 1 heterocycles. The topological polar surface area (TPSA) is 74.7 Å². The van der Waals surface area contributed by atoms with Gasteiger partial charge in [-0.05, 0) is 25.3 Å². The number of aryl methyl sites for hydroxylation is 1. The normalized spacial score (nSPS) is 11.6. The summed E-state index contributed by atoms with van der Waals surface area (Å²) in [6.07, 6.45) is 2.07. The molecular formula is C11H18N4OS. The first-order valence-electron chi connectivity index (χ1n) is 5.25. The van der Waals surface area contributed by atoms with E-state index in [0.29, 0.717) is 5.56 Å². The van der Waals surface area contributed by atoms with Gasteiger partial charge in [0.15, 0.2) is 5.84 Å². The number of thioether (sulfide) groups is 1. The molecule has 0 amide bonds. The van der Waals surface area contributed by atoms with Gasteiger partial charge in [0.1, 0.15) is 5.82 Å². The first-order chi connectivity index (χ1) is 8.08. The number of pyridine rings is 1. The summed E-state index contributed by atoms with van der Waals surface area (Å²) in [6, 6.07) is 3.61. The van der Waals surface area contributed by atoms with Crippen molar-refractivity contribution in [2.45, 2.75) is 6.92 Å². The van der Waals surface area contributed by atoms with Crippen LogP contribution >= 0.6 is 11.8 Å². The van der Waals surface area contributed by atoms with Gasteiger partial charge in [0.2, 0.25) is 0 Å². The maximum Gasteiger partial charge on any atom is 0.170 e. The highest BCUT2D eigenvalue weighted by Gasteiger charge is 2.07. The molecule has 1 aromatic rings. The van der Waals surface area contributed by atoms with Gasteiger partial charge in [-0.15, -0.1) is 0 Å². The quantitative estimate of drug-likeness (QED) is 0.358. The smallest absolute Gasteiger partial charge is 0.170 e. The molecule has 0 atom stereocenters. The van der Waals surface area contributed by atoms with Crippen molar-refractivity contribution in [1.29, 1.82) is 0 Å². The van der Waals surface area contributed by atoms with Crippen molar-refractivity contribution in [3.8, 4) is 0 Å². The zero-order valence-corrected chi connectivity index (χ0v) is 11.2. The van der Waals surface area contributed by atoms with E-state index in [0.717, 1.165) is 23.8 Å². The molecule has 0 fully saturated rings. The molecule has 0 radical (unpaired) electrons. The Morgan fingerprint density at radius 1 is 1.59 bits per heavy atom. The first-order valence-corrected chi connectivity index (χ1v) is 6.64. The number of amidine groups is 1. The summed E-state index contributed by atoms with van der Waals surface area (Å²) in [6.45, 7) is 2.80. The van der Waals surface area contributed by atoms with E-state index in [4.69, 9.17) is 10.9 Å². The third-order valence-corrected chi connectivity index (χ3v) is 2.96. The van der Waals surface area contributed by atoms with E-state index in [1.54, 1.807) is 17.8 Å². The van der Waals surface area contributed by atoms with E-state index in [-0.39, 0.29) is 5.84 Å². The largest absolute Gasteiger partial charge is 0.409 e. The molecule has 5 nitrogen and oxygen atoms in total. The Kier molecular flexibility index (Phi) is 5.09. The Labute approximate surface area is 106 Å². The number of hydrogen-bond donors (Lipinski definition) is 2. The molecule has 94 valence electrons. The van der Waals surface area contributed by atoms with E-state index < -0.39 is 0 Å². The third kappa shape index (κ3) is 3.81. The molecule has 1 rings (SSSR count). The highest BCUT2D eigenvalue weighted by Crippen LogP contribution is 2.14. The number of nitrogens with two attached hydrogens (primary N) is 1. The van der Waals surface area contributed by atoms with E-state index in [1.807, 2.05) is 20.0 Å². The number of hydrogen-bond acceptors (Lipinski definition) is 5. The number of rotatable bonds is 5. The van der Waals surface area contributed by atoms with Crippen LogP contribution in [0.15, 0.2) is 17.3 Å². The average Bonchev–Trinajstić information content (AvgIpc) is 2.34. The maximum absolute atomic E-state index is 8.68. The monoisotopic (exact) mass is 254 g/mol. The highest BCUT2D eigenvalue weighted by molar-refractivity contribution is 7.98. The lowest BCUT2D eigenvalue weighted by molar-refractivity contribution is 0.318. The van der Waals surface area contributed by atoms with Crippen LogP contribution in [0.2, 0.25) is 0 Å². The van der Waals surface area contributed by atoms with Gasteiger partial charge in [-0.3, -0.25) is 0 Å². The fourth-order valence-corrected chi connectivity index (χ4v) is 1.85. The van der Waals surface area contributed by atoms with Crippen molar-refractivity contribution < 1.29 is 5.21 Å². The van der Waals surface area contributed by atoms with E-state index >= 15 is 0 Å². The molecule has 0 aliphatic carbocycles. The lowest BCUT2D eigenvalue weighted by Crippen LogP contribution is -2.23. The van der Waals surface area contributed by atoms with Crippen LogP contribution in [0, 0.1) is 6.92 Å². The van der Waals surface area contributed by atoms with Gasteiger partial charge in [-0.1, -0.05) is 5.16 Å². The minimum absolute atomic E-state index is 0.106. The molecule has 0 unspecified atom stereocenters. The van der Waals surface area contributed by atoms with Gasteiger partial charge >= 0.3 is 0 Å². The lowest BCUT2D eigenvalue weighted by Gasteiger charge is -2.18. The van der Waals surface area contributed by atoms with Crippen LogP contribution in [0.1, 0.15) is 11.3 Å². The maximum atomic E-state index is 8.68. The second-order valence-corrected chi connectivity index (χ2v) is 4.74. The van der Waals surface area contributed by atoms with Crippen molar-refractivity contribution >= 4 is 23.4 Å². The molecule has 6 heteroatoms. The van der Waals surface area contributed by atoms with Gasteiger partial charge in [0.25, 0.3) is 0 Å². The van der Waals surface area contributed by atoms with Crippen LogP contribution in [0.4, 0.5) is 5.82 Å². The summed E-state index contributed by atoms with van der Waals surface area (Å²) in [5, 5.41) is 11.7. The fourth-order valence-electron chi connectivity index (χ4n) is 1.39. The molecule has 0 spiro atoms. The average molecular weight is 254 g/mol. The molecular weight excluding hydrogens is 236 g/mol. The van der Waals surface area contributed by atoms with Crippen LogP contribution < -0.4 is 10.6 Å². The predicted molar refractivity (Wildman–Crippen MR) is 73.1 cm³/mol. The number of oxime groups is 1. The Bertz CT molecular complexity index is 408. The zero-order chi connectivity index (χ0) is 12.8. The van der Waals surface area contributed by atoms with Crippen molar-refractivity contribution in [3.05, 3.63) is 23.4 Å². The lowest BCUT2D eigenvalue weighted by atomic mass is 10.2. The Morgan fingerprint density at radius 3 is 2.88 bits per heavy atom. The van der Waals surface area contributed by atoms with E-state index in [2.05, 4.69) is 21.3 Å². The summed E-state index contributed by atoms with van der Waals surface area (Å²) < 4.78 is 0. The van der Waals surface area contributed by atoms with E-state index in [1.165, 1.54) is 0 Å². The standard InChI is InChI=1S/C11H18N4OS/c1-8-6-9(11(12)14-16)7-10(13-8)15(2)4-5-17-3/h6-7,16H,4-5H2,1-3H3,(H2,12,14). The Balaban J connectivity index is 2.96. The number of nitrogens with zero attached hydrogens (tertiary/aromatic N) is 3. The zero-order valence-electron chi connectivity index (χ0n) is 10.3. The van der Waals surface area contributed by atoms with Crippen LogP contribution in [-0.2, 0) is 0 Å². The van der Waals surface area contributed by atoms with Crippen molar-refractivity contribution in [2.75, 3.05) is 30.5 Å². The SMILES string of the molecule is CSCCN(C)c1cc(/C(N)=N/O)cc(C)n1. The summed E-state index contributed by atoms with van der Waals surface area (Å²) in [5.41, 5.74) is 7.12. The molecule has 3 N–H and O–H groups in total. The molecule has 0 aliphatic rings. The minimum atomic E-state index is 0.106. The Morgan fingerprint density at radius 2 is 2.29 bits per heavy atom. The molecule has 0 saturated carbocycles.